The van der Waals surface area contributed by atoms with Crippen LogP contribution in [0.4, 0.5) is 17.3 Å². The first kappa shape index (κ1) is 30.4. The molecule has 1 saturated heterocycles. The average Bonchev–Trinajstić information content (AvgIpc) is 3.16. The maximum absolute atomic E-state index is 12.5. The molecule has 0 amide bonds. The van der Waals surface area contributed by atoms with E-state index in [2.05, 4.69) is 25.5 Å². The molecule has 1 aliphatic rings. The number of halogens is 1. The molecule has 0 spiro atoms. The van der Waals surface area contributed by atoms with Gasteiger partial charge in [0, 0.05) is 55.3 Å². The summed E-state index contributed by atoms with van der Waals surface area (Å²) in [4.78, 5) is 28.3. The molecule has 0 bridgehead atoms. The number of hydrogen-bond donors (Lipinski definition) is 5. The summed E-state index contributed by atoms with van der Waals surface area (Å²) in [5.41, 5.74) is 8.98. The fourth-order valence-electron chi connectivity index (χ4n) is 4.66. The smallest absolute Gasteiger partial charge is 0.330 e. The molecule has 212 valence electrons. The van der Waals surface area contributed by atoms with Crippen molar-refractivity contribution in [3.63, 3.8) is 0 Å². The van der Waals surface area contributed by atoms with E-state index in [1.807, 2.05) is 25.1 Å². The minimum atomic E-state index is -0.998. The highest BCUT2D eigenvalue weighted by Crippen LogP contribution is 2.33. The third-order valence-electron chi connectivity index (χ3n) is 6.72. The first-order chi connectivity index (χ1) is 18.9. The summed E-state index contributed by atoms with van der Waals surface area (Å²) in [5, 5.41) is 24.2. The average molecular weight is 565 g/mol. The van der Waals surface area contributed by atoms with Crippen molar-refractivity contribution in [2.75, 3.05) is 30.3 Å². The summed E-state index contributed by atoms with van der Waals surface area (Å²) in [6.07, 6.45) is 8.47. The van der Waals surface area contributed by atoms with Gasteiger partial charge in [0.25, 0.3) is 0 Å². The van der Waals surface area contributed by atoms with E-state index in [1.54, 1.807) is 42.7 Å². The predicted molar refractivity (Wildman–Crippen MR) is 162 cm³/mol. The number of nitrogens with zero attached hydrogens (tertiary/aromatic N) is 4. The Labute approximate surface area is 241 Å². The van der Waals surface area contributed by atoms with Gasteiger partial charge in [-0.05, 0) is 62.1 Å². The third-order valence-corrected chi connectivity index (χ3v) is 6.72. The summed E-state index contributed by atoms with van der Waals surface area (Å²) >= 11 is 0. The van der Waals surface area contributed by atoms with Gasteiger partial charge in [0.2, 0.25) is 5.95 Å². The highest BCUT2D eigenvalue weighted by Gasteiger charge is 2.25. The maximum Gasteiger partial charge on any atom is 0.330 e. The normalized spacial score (nSPS) is 15.0. The number of hydrogen-bond acceptors (Lipinski definition) is 7. The van der Waals surface area contributed by atoms with Crippen molar-refractivity contribution in [2.24, 2.45) is 10.7 Å². The largest absolute Gasteiger partial charge is 0.479 e. The zero-order valence-corrected chi connectivity index (χ0v) is 23.5. The van der Waals surface area contributed by atoms with E-state index in [9.17, 15) is 9.90 Å². The lowest BCUT2D eigenvalue weighted by Gasteiger charge is -2.26. The Morgan fingerprint density at radius 1 is 1.12 bits per heavy atom. The fourth-order valence-corrected chi connectivity index (χ4v) is 4.66. The lowest BCUT2D eigenvalue weighted by molar-refractivity contribution is -0.138. The molecule has 1 aliphatic heterocycles. The minimum absolute atomic E-state index is 0. The zero-order chi connectivity index (χ0) is 27.6. The number of aryl methyl sites for hydroxylation is 1. The molecule has 10 nitrogen and oxygen atoms in total. The third kappa shape index (κ3) is 8.16. The summed E-state index contributed by atoms with van der Waals surface area (Å²) < 4.78 is 0. The second-order valence-corrected chi connectivity index (χ2v) is 9.60. The van der Waals surface area contributed by atoms with Crippen molar-refractivity contribution in [1.82, 2.24) is 14.9 Å². The molecule has 11 heteroatoms. The van der Waals surface area contributed by atoms with Gasteiger partial charge in [-0.1, -0.05) is 24.6 Å². The number of carbonyl (C=O) groups is 1. The maximum atomic E-state index is 12.5. The molecular formula is C29H37ClN8O2. The second kappa shape index (κ2) is 14.8. The first-order valence-corrected chi connectivity index (χ1v) is 13.3. The van der Waals surface area contributed by atoms with Crippen LogP contribution in [-0.2, 0) is 4.79 Å². The number of nitrogens with two attached hydrogens (primary N) is 1. The Balaban J connectivity index is 0.00000441. The van der Waals surface area contributed by atoms with Crippen LogP contribution in [0.3, 0.4) is 0 Å². The summed E-state index contributed by atoms with van der Waals surface area (Å²) in [7, 11) is 0. The van der Waals surface area contributed by atoms with Gasteiger partial charge in [-0.2, -0.15) is 0 Å². The number of amidine groups is 2. The van der Waals surface area contributed by atoms with Crippen molar-refractivity contribution in [3.8, 4) is 0 Å². The number of carboxylic acids is 1. The number of likely N-dealkylation sites (tertiary alicyclic amines) is 1. The Morgan fingerprint density at radius 3 is 2.58 bits per heavy atom. The van der Waals surface area contributed by atoms with E-state index in [-0.39, 0.29) is 18.2 Å². The Morgan fingerprint density at radius 2 is 1.88 bits per heavy atom. The minimum Gasteiger partial charge on any atom is -0.479 e. The van der Waals surface area contributed by atoms with Crippen LogP contribution in [0.25, 0.3) is 0 Å². The molecule has 2 heterocycles. The lowest BCUT2D eigenvalue weighted by atomic mass is 10.0. The van der Waals surface area contributed by atoms with Gasteiger partial charge in [-0.3, -0.25) is 5.41 Å². The molecule has 40 heavy (non-hydrogen) atoms. The summed E-state index contributed by atoms with van der Waals surface area (Å²) in [5.74, 6) is 0.582. The Hall–Kier alpha value is -4.18. The van der Waals surface area contributed by atoms with Crippen LogP contribution >= 0.6 is 12.4 Å². The summed E-state index contributed by atoms with van der Waals surface area (Å²) in [6, 6.07) is 13.3. The Bertz CT molecular complexity index is 1300. The number of aromatic nitrogens is 2. The molecule has 1 aromatic heterocycles. The number of para-hydroxylation sites is 1. The molecular weight excluding hydrogens is 528 g/mol. The second-order valence-electron chi connectivity index (χ2n) is 9.60. The van der Waals surface area contributed by atoms with Crippen molar-refractivity contribution in [2.45, 2.75) is 45.1 Å². The first-order valence-electron chi connectivity index (χ1n) is 13.3. The number of aliphatic imine (C=N–C) groups is 1. The highest BCUT2D eigenvalue weighted by atomic mass is 35.5. The van der Waals surface area contributed by atoms with E-state index in [0.29, 0.717) is 28.5 Å². The van der Waals surface area contributed by atoms with Gasteiger partial charge in [0.1, 0.15) is 11.7 Å². The molecule has 3 aromatic rings. The van der Waals surface area contributed by atoms with Crippen LogP contribution in [0.5, 0.6) is 0 Å². The number of aliphatic carboxylic acids is 1. The lowest BCUT2D eigenvalue weighted by Crippen LogP contribution is -2.32. The number of nitrogen functional groups attached to an aromatic ring is 1. The van der Waals surface area contributed by atoms with E-state index in [1.165, 1.54) is 0 Å². The molecule has 0 saturated carbocycles. The number of carboxylic acid groups (broad SMARTS) is 1. The van der Waals surface area contributed by atoms with Crippen LogP contribution in [-0.4, -0.2) is 57.2 Å². The van der Waals surface area contributed by atoms with Crippen LogP contribution in [0, 0.1) is 12.3 Å². The van der Waals surface area contributed by atoms with E-state index >= 15 is 0 Å². The van der Waals surface area contributed by atoms with Gasteiger partial charge in [0.05, 0.1) is 5.69 Å². The van der Waals surface area contributed by atoms with E-state index in [4.69, 9.17) is 16.1 Å². The van der Waals surface area contributed by atoms with Gasteiger partial charge in [-0.15, -0.1) is 12.4 Å². The van der Waals surface area contributed by atoms with Gasteiger partial charge in [-0.25, -0.2) is 19.8 Å². The van der Waals surface area contributed by atoms with Crippen molar-refractivity contribution in [1.29, 1.82) is 5.41 Å². The molecule has 2 aromatic carbocycles. The quantitative estimate of drug-likeness (QED) is 0.122. The molecule has 4 rings (SSSR count). The van der Waals surface area contributed by atoms with Crippen molar-refractivity contribution in [3.05, 3.63) is 77.6 Å². The van der Waals surface area contributed by atoms with Crippen LogP contribution in [0.15, 0.2) is 65.9 Å². The van der Waals surface area contributed by atoms with Gasteiger partial charge in [0.15, 0.2) is 6.04 Å². The molecule has 0 radical (unpaired) electrons. The number of rotatable bonds is 11. The van der Waals surface area contributed by atoms with E-state index < -0.39 is 12.0 Å². The highest BCUT2D eigenvalue weighted by molar-refractivity contribution is 5.95. The molecule has 1 fully saturated rings. The van der Waals surface area contributed by atoms with Gasteiger partial charge < -0.3 is 26.4 Å². The standard InChI is InChI=1S/C29H36N8O2.ClH/c1-20-8-5-9-23(26(28(38)39)35-22-13-11-21(12-14-22)27(30)31)25(20)36-24-10-3-2-4-18-37(24)19-7-17-34-29-32-15-6-16-33-29;/h5-6,8-9,11-16,26,35H,2-4,7,10,17-19H2,1H3,(H3,30,31)(H,38,39)(H,32,33,34);1H/t26-;/m0./s1. The van der Waals surface area contributed by atoms with Crippen molar-refractivity contribution < 1.29 is 9.90 Å². The van der Waals surface area contributed by atoms with Crippen LogP contribution < -0.4 is 16.4 Å². The van der Waals surface area contributed by atoms with Crippen molar-refractivity contribution >= 4 is 47.4 Å². The Kier molecular flexibility index (Phi) is 11.3. The van der Waals surface area contributed by atoms with Crippen LogP contribution in [0.1, 0.15) is 54.8 Å². The zero-order valence-electron chi connectivity index (χ0n) is 22.6. The number of anilines is 2. The van der Waals surface area contributed by atoms with Crippen LogP contribution in [0.2, 0.25) is 0 Å². The fraction of sp³-hybridized carbons (Fsp3) is 0.345. The topological polar surface area (TPSA) is 153 Å². The molecule has 1 atom stereocenters. The molecule has 6 N–H and O–H groups in total. The SMILES string of the molecule is Cc1cccc([C@H](Nc2ccc(C(=N)N)cc2)C(=O)O)c1N=C1CCCCCN1CCCNc1ncccn1.Cl. The number of nitrogens with one attached hydrogen (secondary N) is 3. The van der Waals surface area contributed by atoms with Gasteiger partial charge >= 0.3 is 5.97 Å². The molecule has 0 unspecified atom stereocenters. The monoisotopic (exact) mass is 564 g/mol. The number of benzene rings is 2. The molecule has 0 aliphatic carbocycles. The predicted octanol–water partition coefficient (Wildman–Crippen LogP) is 5.14. The van der Waals surface area contributed by atoms with E-state index in [0.717, 1.165) is 63.1 Å². The summed E-state index contributed by atoms with van der Waals surface area (Å²) in [6.45, 7) is 4.47.